The van der Waals surface area contributed by atoms with Gasteiger partial charge in [-0.15, -0.1) is 11.8 Å². The van der Waals surface area contributed by atoms with Crippen molar-refractivity contribution in [3.05, 3.63) is 60.0 Å². The van der Waals surface area contributed by atoms with Gasteiger partial charge in [-0.2, -0.15) is 4.98 Å². The van der Waals surface area contributed by atoms with Gasteiger partial charge in [-0.3, -0.25) is 4.79 Å². The molecule has 0 saturated heterocycles. The quantitative estimate of drug-likeness (QED) is 0.668. The van der Waals surface area contributed by atoms with Crippen LogP contribution in [0.15, 0.2) is 57.9 Å². The fourth-order valence-electron chi connectivity index (χ4n) is 2.47. The highest BCUT2D eigenvalue weighted by molar-refractivity contribution is 7.98. The van der Waals surface area contributed by atoms with Crippen molar-refractivity contribution in [1.82, 2.24) is 10.1 Å². The Hall–Kier alpha value is -2.60. The molecule has 3 rings (SSSR count). The van der Waals surface area contributed by atoms with E-state index in [1.165, 1.54) is 0 Å². The van der Waals surface area contributed by atoms with E-state index in [2.05, 4.69) is 15.5 Å². The van der Waals surface area contributed by atoms with Crippen molar-refractivity contribution in [2.75, 3.05) is 11.6 Å². The molecule has 0 atom stereocenters. The van der Waals surface area contributed by atoms with Crippen LogP contribution in [0.3, 0.4) is 0 Å². The van der Waals surface area contributed by atoms with Gasteiger partial charge in [-0.25, -0.2) is 0 Å². The van der Waals surface area contributed by atoms with Gasteiger partial charge < -0.3 is 9.84 Å². The van der Waals surface area contributed by atoms with Crippen molar-refractivity contribution in [1.29, 1.82) is 0 Å². The molecule has 0 radical (unpaired) electrons. The summed E-state index contributed by atoms with van der Waals surface area (Å²) in [6.07, 6.45) is 2.68. The van der Waals surface area contributed by atoms with Crippen molar-refractivity contribution < 1.29 is 9.32 Å². The van der Waals surface area contributed by atoms with Crippen molar-refractivity contribution in [2.45, 2.75) is 24.7 Å². The second-order valence-corrected chi connectivity index (χ2v) is 6.42. The van der Waals surface area contributed by atoms with E-state index < -0.39 is 0 Å². The van der Waals surface area contributed by atoms with Gasteiger partial charge >= 0.3 is 0 Å². The second-order valence-electron chi connectivity index (χ2n) is 5.58. The first-order chi connectivity index (χ1) is 12.2. The highest BCUT2D eigenvalue weighted by atomic mass is 32.2. The number of anilines is 1. The third-order valence-corrected chi connectivity index (χ3v) is 4.60. The standard InChI is InChI=1S/C19H19N3O2S/c1-13-7-3-4-8-14(13)19-21-18(24-22-19)12-11-17(23)20-15-9-5-6-10-16(15)25-2/h3-10H,11-12H2,1-2H3,(H,20,23). The molecule has 0 aliphatic carbocycles. The van der Waals surface area contributed by atoms with Crippen molar-refractivity contribution >= 4 is 23.4 Å². The SMILES string of the molecule is CSc1ccccc1NC(=O)CCc1nc(-c2ccccc2C)no1. The summed E-state index contributed by atoms with van der Waals surface area (Å²) in [5.74, 6) is 0.949. The van der Waals surface area contributed by atoms with E-state index >= 15 is 0 Å². The van der Waals surface area contributed by atoms with E-state index in [0.717, 1.165) is 21.7 Å². The molecule has 25 heavy (non-hydrogen) atoms. The number of para-hydroxylation sites is 1. The summed E-state index contributed by atoms with van der Waals surface area (Å²) < 4.78 is 5.27. The third-order valence-electron chi connectivity index (χ3n) is 3.80. The molecule has 6 heteroatoms. The lowest BCUT2D eigenvalue weighted by Crippen LogP contribution is -2.13. The molecule has 1 aromatic heterocycles. The zero-order chi connectivity index (χ0) is 17.6. The number of benzene rings is 2. The lowest BCUT2D eigenvalue weighted by atomic mass is 10.1. The molecule has 128 valence electrons. The summed E-state index contributed by atoms with van der Waals surface area (Å²) >= 11 is 1.60. The Morgan fingerprint density at radius 3 is 2.72 bits per heavy atom. The number of amides is 1. The Morgan fingerprint density at radius 1 is 1.16 bits per heavy atom. The number of nitrogens with one attached hydrogen (secondary N) is 1. The van der Waals surface area contributed by atoms with Crippen LogP contribution in [0.2, 0.25) is 0 Å². The zero-order valence-electron chi connectivity index (χ0n) is 14.2. The molecule has 1 amide bonds. The van der Waals surface area contributed by atoms with Gasteiger partial charge in [0.1, 0.15) is 0 Å². The minimum atomic E-state index is -0.0721. The monoisotopic (exact) mass is 353 g/mol. The highest BCUT2D eigenvalue weighted by Crippen LogP contribution is 2.25. The topological polar surface area (TPSA) is 68.0 Å². The lowest BCUT2D eigenvalue weighted by molar-refractivity contribution is -0.116. The molecule has 1 heterocycles. The molecule has 0 aliphatic rings. The van der Waals surface area contributed by atoms with Crippen LogP contribution >= 0.6 is 11.8 Å². The van der Waals surface area contributed by atoms with Crippen LogP contribution in [0.25, 0.3) is 11.4 Å². The number of carbonyl (C=O) groups is 1. The zero-order valence-corrected chi connectivity index (χ0v) is 15.0. The molecule has 2 aromatic carbocycles. The van der Waals surface area contributed by atoms with E-state index in [9.17, 15) is 4.79 Å². The number of aryl methyl sites for hydroxylation is 2. The highest BCUT2D eigenvalue weighted by Gasteiger charge is 2.12. The predicted molar refractivity (Wildman–Crippen MR) is 99.6 cm³/mol. The summed E-state index contributed by atoms with van der Waals surface area (Å²) in [5, 5.41) is 6.95. The fraction of sp³-hybridized carbons (Fsp3) is 0.211. The predicted octanol–water partition coefficient (Wildman–Crippen LogP) is 4.34. The van der Waals surface area contributed by atoms with Crippen LogP contribution in [-0.4, -0.2) is 22.3 Å². The molecule has 0 saturated carbocycles. The maximum atomic E-state index is 12.2. The maximum absolute atomic E-state index is 12.2. The largest absolute Gasteiger partial charge is 0.339 e. The van der Waals surface area contributed by atoms with Crippen LogP contribution in [0.1, 0.15) is 17.9 Å². The van der Waals surface area contributed by atoms with E-state index in [1.54, 1.807) is 11.8 Å². The number of nitrogens with zero attached hydrogens (tertiary/aromatic N) is 2. The van der Waals surface area contributed by atoms with Crippen LogP contribution in [-0.2, 0) is 11.2 Å². The Morgan fingerprint density at radius 2 is 1.92 bits per heavy atom. The number of aromatic nitrogens is 2. The molecule has 0 fully saturated rings. The summed E-state index contributed by atoms with van der Waals surface area (Å²) in [7, 11) is 0. The molecule has 0 aliphatic heterocycles. The first kappa shape index (κ1) is 17.2. The molecule has 3 aromatic rings. The Bertz CT molecular complexity index is 876. The summed E-state index contributed by atoms with van der Waals surface area (Å²) in [6.45, 7) is 2.00. The van der Waals surface area contributed by atoms with E-state index in [0.29, 0.717) is 18.1 Å². The molecule has 0 bridgehead atoms. The number of rotatable bonds is 6. The summed E-state index contributed by atoms with van der Waals surface area (Å²) in [6, 6.07) is 15.6. The molecule has 1 N–H and O–H groups in total. The number of thioether (sulfide) groups is 1. The molecule has 5 nitrogen and oxygen atoms in total. The smallest absolute Gasteiger partial charge is 0.227 e. The number of carbonyl (C=O) groups excluding carboxylic acids is 1. The fourth-order valence-corrected chi connectivity index (χ4v) is 3.02. The summed E-state index contributed by atoms with van der Waals surface area (Å²) in [5.41, 5.74) is 2.85. The Labute approximate surface area is 150 Å². The van der Waals surface area contributed by atoms with Gasteiger partial charge in [-0.1, -0.05) is 41.6 Å². The normalized spacial score (nSPS) is 10.6. The Kier molecular flexibility index (Phi) is 5.50. The minimum absolute atomic E-state index is 0.0721. The Balaban J connectivity index is 1.61. The van der Waals surface area contributed by atoms with Crippen LogP contribution in [0.5, 0.6) is 0 Å². The van der Waals surface area contributed by atoms with E-state index in [4.69, 9.17) is 4.52 Å². The van der Waals surface area contributed by atoms with Gasteiger partial charge in [-0.05, 0) is 30.9 Å². The molecule has 0 unspecified atom stereocenters. The summed E-state index contributed by atoms with van der Waals surface area (Å²) in [4.78, 5) is 17.6. The molecular weight excluding hydrogens is 334 g/mol. The first-order valence-electron chi connectivity index (χ1n) is 7.99. The van der Waals surface area contributed by atoms with E-state index in [1.807, 2.05) is 61.7 Å². The van der Waals surface area contributed by atoms with Gasteiger partial charge in [0.05, 0.1) is 5.69 Å². The molecule has 0 spiro atoms. The van der Waals surface area contributed by atoms with Crippen molar-refractivity contribution in [3.8, 4) is 11.4 Å². The van der Waals surface area contributed by atoms with Crippen LogP contribution in [0, 0.1) is 6.92 Å². The van der Waals surface area contributed by atoms with Gasteiger partial charge in [0.25, 0.3) is 0 Å². The number of hydrogen-bond acceptors (Lipinski definition) is 5. The average Bonchev–Trinajstić information content (AvgIpc) is 3.09. The average molecular weight is 353 g/mol. The second kappa shape index (κ2) is 7.98. The first-order valence-corrected chi connectivity index (χ1v) is 9.21. The number of hydrogen-bond donors (Lipinski definition) is 1. The molecular formula is C19H19N3O2S. The minimum Gasteiger partial charge on any atom is -0.339 e. The van der Waals surface area contributed by atoms with Crippen LogP contribution < -0.4 is 5.32 Å². The lowest BCUT2D eigenvalue weighted by Gasteiger charge is -2.08. The van der Waals surface area contributed by atoms with Gasteiger partial charge in [0.15, 0.2) is 0 Å². The van der Waals surface area contributed by atoms with Crippen molar-refractivity contribution in [3.63, 3.8) is 0 Å². The van der Waals surface area contributed by atoms with Crippen LogP contribution in [0.4, 0.5) is 5.69 Å². The third kappa shape index (κ3) is 4.28. The van der Waals surface area contributed by atoms with Crippen molar-refractivity contribution in [2.24, 2.45) is 0 Å². The van der Waals surface area contributed by atoms with E-state index in [-0.39, 0.29) is 12.3 Å². The van der Waals surface area contributed by atoms with Gasteiger partial charge in [0, 0.05) is 23.3 Å². The maximum Gasteiger partial charge on any atom is 0.227 e. The van der Waals surface area contributed by atoms with Gasteiger partial charge in [0.2, 0.25) is 17.6 Å².